The molecule has 138 valence electrons. The van der Waals surface area contributed by atoms with Crippen LogP contribution in [0, 0.1) is 0 Å². The second kappa shape index (κ2) is 10.0. The second-order valence-electron chi connectivity index (χ2n) is 6.39. The SMILES string of the molecule is CCOCCCNC(=O)C1(NC(=O)Nc2ccccc2)CCCCC1. The van der Waals surface area contributed by atoms with Gasteiger partial charge in [0.1, 0.15) is 5.54 Å². The summed E-state index contributed by atoms with van der Waals surface area (Å²) >= 11 is 0. The van der Waals surface area contributed by atoms with Crippen LogP contribution >= 0.6 is 0 Å². The van der Waals surface area contributed by atoms with Crippen molar-refractivity contribution in [2.24, 2.45) is 0 Å². The van der Waals surface area contributed by atoms with E-state index < -0.39 is 5.54 Å². The Bertz CT molecular complexity index is 542. The van der Waals surface area contributed by atoms with E-state index in [4.69, 9.17) is 4.74 Å². The maximum absolute atomic E-state index is 12.7. The minimum absolute atomic E-state index is 0.0908. The molecule has 0 aliphatic heterocycles. The molecule has 3 N–H and O–H groups in total. The van der Waals surface area contributed by atoms with Crippen LogP contribution in [-0.2, 0) is 9.53 Å². The molecule has 2 rings (SSSR count). The Labute approximate surface area is 149 Å². The van der Waals surface area contributed by atoms with E-state index in [0.717, 1.165) is 25.7 Å². The standard InChI is InChI=1S/C19H29N3O3/c1-2-25-15-9-14-20-17(23)19(12-7-4-8-13-19)22-18(24)21-16-10-5-3-6-11-16/h3,5-6,10-11H,2,4,7-9,12-15H2,1H3,(H,20,23)(H2,21,22,24). The van der Waals surface area contributed by atoms with Crippen molar-refractivity contribution in [2.75, 3.05) is 25.1 Å². The molecule has 6 nitrogen and oxygen atoms in total. The first-order valence-electron chi connectivity index (χ1n) is 9.16. The molecule has 1 aromatic carbocycles. The van der Waals surface area contributed by atoms with Gasteiger partial charge in [0.05, 0.1) is 0 Å². The maximum atomic E-state index is 12.7. The van der Waals surface area contributed by atoms with E-state index >= 15 is 0 Å². The summed E-state index contributed by atoms with van der Waals surface area (Å²) < 4.78 is 5.29. The Hall–Kier alpha value is -2.08. The molecule has 0 unspecified atom stereocenters. The van der Waals surface area contributed by atoms with Gasteiger partial charge in [0.15, 0.2) is 0 Å². The third-order valence-electron chi connectivity index (χ3n) is 4.48. The van der Waals surface area contributed by atoms with Gasteiger partial charge in [-0.15, -0.1) is 0 Å². The molecular formula is C19H29N3O3. The third kappa shape index (κ3) is 6.05. The Kier molecular flexibility index (Phi) is 7.73. The molecule has 0 atom stereocenters. The topological polar surface area (TPSA) is 79.5 Å². The predicted octanol–water partition coefficient (Wildman–Crippen LogP) is 3.05. The highest BCUT2D eigenvalue weighted by Crippen LogP contribution is 2.28. The molecule has 0 spiro atoms. The molecule has 1 fully saturated rings. The minimum atomic E-state index is -0.817. The summed E-state index contributed by atoms with van der Waals surface area (Å²) in [5.41, 5.74) is -0.106. The lowest BCUT2D eigenvalue weighted by Gasteiger charge is -2.36. The molecular weight excluding hydrogens is 318 g/mol. The van der Waals surface area contributed by atoms with Crippen LogP contribution in [0.15, 0.2) is 30.3 Å². The van der Waals surface area contributed by atoms with Crippen molar-refractivity contribution in [3.05, 3.63) is 30.3 Å². The number of rotatable bonds is 8. The van der Waals surface area contributed by atoms with Crippen molar-refractivity contribution in [1.82, 2.24) is 10.6 Å². The molecule has 0 bridgehead atoms. The largest absolute Gasteiger partial charge is 0.382 e. The number of anilines is 1. The summed E-state index contributed by atoms with van der Waals surface area (Å²) in [4.78, 5) is 25.1. The van der Waals surface area contributed by atoms with E-state index in [9.17, 15) is 9.59 Å². The quantitative estimate of drug-likeness (QED) is 0.632. The van der Waals surface area contributed by atoms with Crippen LogP contribution in [0.4, 0.5) is 10.5 Å². The summed E-state index contributed by atoms with van der Waals surface area (Å²) in [6.07, 6.45) is 5.10. The lowest BCUT2D eigenvalue weighted by Crippen LogP contribution is -2.60. The molecule has 25 heavy (non-hydrogen) atoms. The number of benzene rings is 1. The van der Waals surface area contributed by atoms with Gasteiger partial charge in [-0.1, -0.05) is 37.5 Å². The smallest absolute Gasteiger partial charge is 0.320 e. The summed E-state index contributed by atoms with van der Waals surface area (Å²) in [6.45, 7) is 3.82. The lowest BCUT2D eigenvalue weighted by atomic mass is 9.81. The maximum Gasteiger partial charge on any atom is 0.320 e. The van der Waals surface area contributed by atoms with Crippen LogP contribution in [0.2, 0.25) is 0 Å². The van der Waals surface area contributed by atoms with Gasteiger partial charge < -0.3 is 20.7 Å². The van der Waals surface area contributed by atoms with E-state index in [1.807, 2.05) is 37.3 Å². The van der Waals surface area contributed by atoms with Gasteiger partial charge in [-0.2, -0.15) is 0 Å². The van der Waals surface area contributed by atoms with E-state index in [2.05, 4.69) is 16.0 Å². The highest BCUT2D eigenvalue weighted by Gasteiger charge is 2.40. The van der Waals surface area contributed by atoms with Crippen LogP contribution < -0.4 is 16.0 Å². The van der Waals surface area contributed by atoms with Crippen molar-refractivity contribution >= 4 is 17.6 Å². The molecule has 6 heteroatoms. The fourth-order valence-corrected chi connectivity index (χ4v) is 3.15. The van der Waals surface area contributed by atoms with E-state index in [1.165, 1.54) is 0 Å². The number of urea groups is 1. The van der Waals surface area contributed by atoms with E-state index in [1.54, 1.807) is 0 Å². The third-order valence-corrected chi connectivity index (χ3v) is 4.48. The fraction of sp³-hybridized carbons (Fsp3) is 0.579. The molecule has 0 heterocycles. The Balaban J connectivity index is 1.91. The monoisotopic (exact) mass is 347 g/mol. The van der Waals surface area contributed by atoms with Crippen molar-refractivity contribution in [2.45, 2.75) is 51.0 Å². The first-order chi connectivity index (χ1) is 12.2. The highest BCUT2D eigenvalue weighted by molar-refractivity contribution is 5.96. The van der Waals surface area contributed by atoms with Crippen LogP contribution in [0.5, 0.6) is 0 Å². The number of nitrogens with one attached hydrogen (secondary N) is 3. The normalized spacial score (nSPS) is 16.0. The number of carbonyl (C=O) groups excluding carboxylic acids is 2. The van der Waals surface area contributed by atoms with Crippen molar-refractivity contribution in [3.8, 4) is 0 Å². The average Bonchev–Trinajstić information content (AvgIpc) is 2.63. The lowest BCUT2D eigenvalue weighted by molar-refractivity contribution is -0.128. The van der Waals surface area contributed by atoms with Gasteiger partial charge in [-0.25, -0.2) is 4.79 Å². The number of ether oxygens (including phenoxy) is 1. The zero-order valence-electron chi connectivity index (χ0n) is 15.0. The molecule has 1 saturated carbocycles. The molecule has 0 radical (unpaired) electrons. The first kappa shape index (κ1) is 19.2. The van der Waals surface area contributed by atoms with E-state index in [0.29, 0.717) is 38.3 Å². The van der Waals surface area contributed by atoms with Gasteiger partial charge in [0.25, 0.3) is 0 Å². The predicted molar refractivity (Wildman–Crippen MR) is 98.5 cm³/mol. The van der Waals surface area contributed by atoms with Crippen molar-refractivity contribution in [1.29, 1.82) is 0 Å². The number of carbonyl (C=O) groups is 2. The zero-order valence-corrected chi connectivity index (χ0v) is 15.0. The average molecular weight is 347 g/mol. The Morgan fingerprint density at radius 2 is 1.84 bits per heavy atom. The van der Waals surface area contributed by atoms with Crippen molar-refractivity contribution in [3.63, 3.8) is 0 Å². The molecule has 1 aliphatic carbocycles. The Morgan fingerprint density at radius 3 is 2.52 bits per heavy atom. The van der Waals surface area contributed by atoms with Crippen molar-refractivity contribution < 1.29 is 14.3 Å². The molecule has 3 amide bonds. The number of hydrogen-bond donors (Lipinski definition) is 3. The van der Waals surface area contributed by atoms with Gasteiger partial charge in [-0.3, -0.25) is 4.79 Å². The van der Waals surface area contributed by atoms with Gasteiger partial charge in [0, 0.05) is 25.4 Å². The summed E-state index contributed by atoms with van der Waals surface area (Å²) in [7, 11) is 0. The number of amides is 3. The molecule has 0 aromatic heterocycles. The summed E-state index contributed by atoms with van der Waals surface area (Å²) in [5.74, 6) is -0.0908. The van der Waals surface area contributed by atoms with Gasteiger partial charge in [-0.05, 0) is 38.3 Å². The van der Waals surface area contributed by atoms with Crippen LogP contribution in [-0.4, -0.2) is 37.2 Å². The molecule has 1 aromatic rings. The van der Waals surface area contributed by atoms with E-state index in [-0.39, 0.29) is 11.9 Å². The van der Waals surface area contributed by atoms with Crippen LogP contribution in [0.3, 0.4) is 0 Å². The zero-order chi connectivity index (χ0) is 18.0. The molecule has 1 aliphatic rings. The fourth-order valence-electron chi connectivity index (χ4n) is 3.15. The minimum Gasteiger partial charge on any atom is -0.382 e. The van der Waals surface area contributed by atoms with Crippen LogP contribution in [0.25, 0.3) is 0 Å². The van der Waals surface area contributed by atoms with Gasteiger partial charge >= 0.3 is 6.03 Å². The Morgan fingerprint density at radius 1 is 1.12 bits per heavy atom. The summed E-state index contributed by atoms with van der Waals surface area (Å²) in [5, 5.41) is 8.70. The van der Waals surface area contributed by atoms with Crippen LogP contribution in [0.1, 0.15) is 45.4 Å². The summed E-state index contributed by atoms with van der Waals surface area (Å²) in [6, 6.07) is 8.91. The highest BCUT2D eigenvalue weighted by atomic mass is 16.5. The second-order valence-corrected chi connectivity index (χ2v) is 6.39. The number of para-hydroxylation sites is 1. The van der Waals surface area contributed by atoms with Gasteiger partial charge in [0.2, 0.25) is 5.91 Å². The first-order valence-corrected chi connectivity index (χ1v) is 9.16. The number of hydrogen-bond acceptors (Lipinski definition) is 3. The molecule has 0 saturated heterocycles.